The summed E-state index contributed by atoms with van der Waals surface area (Å²) >= 11 is 1.33. The summed E-state index contributed by atoms with van der Waals surface area (Å²) in [5.41, 5.74) is 5.91. The number of aliphatic carboxylic acids is 1. The second kappa shape index (κ2) is 6.68. The molecule has 0 spiro atoms. The third-order valence-electron chi connectivity index (χ3n) is 2.92. The number of primary amides is 1. The van der Waals surface area contributed by atoms with Crippen molar-refractivity contribution in [2.24, 2.45) is 5.73 Å². The Morgan fingerprint density at radius 2 is 2.24 bits per heavy atom. The third-order valence-corrected chi connectivity index (χ3v) is 4.33. The van der Waals surface area contributed by atoms with Gasteiger partial charge in [-0.25, -0.2) is 0 Å². The lowest BCUT2D eigenvalue weighted by Gasteiger charge is -2.14. The third kappa shape index (κ3) is 3.79. The number of carboxylic acids is 1. The van der Waals surface area contributed by atoms with Gasteiger partial charge in [-0.3, -0.25) is 14.9 Å². The van der Waals surface area contributed by atoms with E-state index in [2.05, 4.69) is 5.32 Å². The minimum Gasteiger partial charge on any atom is -0.493 e. The van der Waals surface area contributed by atoms with Crippen molar-refractivity contribution in [3.8, 4) is 11.5 Å². The van der Waals surface area contributed by atoms with E-state index in [0.717, 1.165) is 5.56 Å². The van der Waals surface area contributed by atoms with Gasteiger partial charge in [-0.15, -0.1) is 11.8 Å². The van der Waals surface area contributed by atoms with E-state index in [9.17, 15) is 9.59 Å². The number of thioether (sulfide) groups is 1. The van der Waals surface area contributed by atoms with Crippen LogP contribution in [0, 0.1) is 0 Å². The van der Waals surface area contributed by atoms with Crippen LogP contribution in [0.1, 0.15) is 10.9 Å². The van der Waals surface area contributed by atoms with Gasteiger partial charge >= 0.3 is 5.97 Å². The van der Waals surface area contributed by atoms with Crippen LogP contribution in [-0.2, 0) is 9.59 Å². The number of hydrogen-bond acceptors (Lipinski definition) is 6. The molecule has 2 rings (SSSR count). The quantitative estimate of drug-likeness (QED) is 0.695. The molecule has 0 aliphatic carbocycles. The molecule has 0 unspecified atom stereocenters. The summed E-state index contributed by atoms with van der Waals surface area (Å²) in [6.45, 7) is 0.181. The maximum absolute atomic E-state index is 11.0. The Morgan fingerprint density at radius 1 is 1.48 bits per heavy atom. The summed E-state index contributed by atoms with van der Waals surface area (Å²) in [5, 5.41) is 11.5. The minimum atomic E-state index is -0.830. The molecular formula is C13H16N2O5S. The van der Waals surface area contributed by atoms with Crippen LogP contribution in [0.3, 0.4) is 0 Å². The fourth-order valence-corrected chi connectivity index (χ4v) is 3.07. The smallest absolute Gasteiger partial charge is 0.318 e. The van der Waals surface area contributed by atoms with Crippen molar-refractivity contribution in [1.82, 2.24) is 5.32 Å². The van der Waals surface area contributed by atoms with Crippen molar-refractivity contribution in [2.45, 2.75) is 10.6 Å². The maximum atomic E-state index is 11.0. The van der Waals surface area contributed by atoms with Crippen molar-refractivity contribution in [1.29, 1.82) is 0 Å². The number of nitrogens with two attached hydrogens (primary N) is 1. The Balaban J connectivity index is 2.12. The number of benzene rings is 1. The number of amides is 1. The van der Waals surface area contributed by atoms with Gasteiger partial charge in [0.05, 0.1) is 12.5 Å². The highest BCUT2D eigenvalue weighted by Crippen LogP contribution is 2.38. The summed E-state index contributed by atoms with van der Waals surface area (Å²) in [7, 11) is 1.49. The zero-order chi connectivity index (χ0) is 15.4. The molecule has 4 N–H and O–H groups in total. The predicted octanol–water partition coefficient (Wildman–Crippen LogP) is 0.347. The molecular weight excluding hydrogens is 296 g/mol. The molecule has 1 aromatic carbocycles. The number of hydrogen-bond donors (Lipinski definition) is 3. The van der Waals surface area contributed by atoms with Gasteiger partial charge in [0.25, 0.3) is 5.91 Å². The largest absolute Gasteiger partial charge is 0.493 e. The van der Waals surface area contributed by atoms with E-state index < -0.39 is 17.1 Å². The lowest BCUT2D eigenvalue weighted by Crippen LogP contribution is -2.21. The van der Waals surface area contributed by atoms with Gasteiger partial charge in [0.15, 0.2) is 18.1 Å². The Hall–Kier alpha value is -1.93. The standard InChI is InChI=1S/C13H16N2O5S/c1-19-9-4-7(2-3-8(9)20-6-11(14)16)12-15-5-10(21-12)13(17)18/h2-4,10,12,15H,5-6H2,1H3,(H2,14,16)(H,17,18)/t10-,12+/m1/s1. The number of ether oxygens (including phenoxy) is 2. The molecule has 1 amide bonds. The Kier molecular flexibility index (Phi) is 4.92. The number of carbonyl (C=O) groups excluding carboxylic acids is 1. The molecule has 1 saturated heterocycles. The molecule has 1 fully saturated rings. The summed E-state index contributed by atoms with van der Waals surface area (Å²) in [6, 6.07) is 5.23. The second-order valence-corrected chi connectivity index (χ2v) is 5.73. The van der Waals surface area contributed by atoms with Gasteiger partial charge in [0.2, 0.25) is 0 Å². The molecule has 1 heterocycles. The van der Waals surface area contributed by atoms with Crippen LogP contribution in [0.2, 0.25) is 0 Å². The Morgan fingerprint density at radius 3 is 2.81 bits per heavy atom. The molecule has 7 nitrogen and oxygen atoms in total. The molecule has 8 heteroatoms. The average molecular weight is 312 g/mol. The first-order valence-corrected chi connectivity index (χ1v) is 7.16. The Bertz CT molecular complexity index is 551. The Labute approximate surface area is 125 Å². The van der Waals surface area contributed by atoms with Crippen LogP contribution in [0.5, 0.6) is 11.5 Å². The lowest BCUT2D eigenvalue weighted by molar-refractivity contribution is -0.136. The first kappa shape index (κ1) is 15.5. The van der Waals surface area contributed by atoms with Gasteiger partial charge in [-0.05, 0) is 17.7 Å². The fourth-order valence-electron chi connectivity index (χ4n) is 1.93. The number of nitrogens with one attached hydrogen (secondary N) is 1. The summed E-state index contributed by atoms with van der Waals surface area (Å²) in [5.74, 6) is -0.519. The summed E-state index contributed by atoms with van der Waals surface area (Å²) in [6.07, 6.45) is 0. The van der Waals surface area contributed by atoms with Gasteiger partial charge in [-0.2, -0.15) is 0 Å². The molecule has 0 aromatic heterocycles. The van der Waals surface area contributed by atoms with Crippen LogP contribution < -0.4 is 20.5 Å². The van der Waals surface area contributed by atoms with E-state index in [1.54, 1.807) is 18.2 Å². The normalized spacial score (nSPS) is 21.0. The van der Waals surface area contributed by atoms with Crippen molar-refractivity contribution in [3.05, 3.63) is 23.8 Å². The van der Waals surface area contributed by atoms with E-state index in [1.807, 2.05) is 0 Å². The second-order valence-electron chi connectivity index (χ2n) is 4.42. The van der Waals surface area contributed by atoms with Crippen LogP contribution in [0.4, 0.5) is 0 Å². The summed E-state index contributed by atoms with van der Waals surface area (Å²) < 4.78 is 10.5. The van der Waals surface area contributed by atoms with Gasteiger partial charge in [-0.1, -0.05) is 6.07 Å². The molecule has 0 bridgehead atoms. The molecule has 2 atom stereocenters. The molecule has 0 radical (unpaired) electrons. The van der Waals surface area contributed by atoms with E-state index in [1.165, 1.54) is 18.9 Å². The first-order valence-electron chi connectivity index (χ1n) is 6.22. The van der Waals surface area contributed by atoms with E-state index >= 15 is 0 Å². The minimum absolute atomic E-state index is 0.120. The topological polar surface area (TPSA) is 111 Å². The zero-order valence-corrected chi connectivity index (χ0v) is 12.2. The highest BCUT2D eigenvalue weighted by Gasteiger charge is 2.31. The van der Waals surface area contributed by atoms with Crippen molar-refractivity contribution < 1.29 is 24.2 Å². The van der Waals surface area contributed by atoms with Gasteiger partial charge < -0.3 is 20.3 Å². The van der Waals surface area contributed by atoms with Crippen molar-refractivity contribution >= 4 is 23.6 Å². The average Bonchev–Trinajstić information content (AvgIpc) is 2.94. The monoisotopic (exact) mass is 312 g/mol. The maximum Gasteiger partial charge on any atom is 0.318 e. The first-order chi connectivity index (χ1) is 10.0. The molecule has 0 saturated carbocycles. The van der Waals surface area contributed by atoms with E-state index in [4.69, 9.17) is 20.3 Å². The van der Waals surface area contributed by atoms with E-state index in [-0.39, 0.29) is 12.0 Å². The number of rotatable bonds is 6. The van der Waals surface area contributed by atoms with Gasteiger partial charge in [0, 0.05) is 6.54 Å². The van der Waals surface area contributed by atoms with Crippen LogP contribution >= 0.6 is 11.8 Å². The van der Waals surface area contributed by atoms with Crippen molar-refractivity contribution in [2.75, 3.05) is 20.3 Å². The predicted molar refractivity (Wildman–Crippen MR) is 77.4 cm³/mol. The lowest BCUT2D eigenvalue weighted by atomic mass is 10.2. The van der Waals surface area contributed by atoms with Crippen LogP contribution in [0.15, 0.2) is 18.2 Å². The van der Waals surface area contributed by atoms with E-state index in [0.29, 0.717) is 18.0 Å². The molecule has 1 aromatic rings. The number of carboxylic acid groups (broad SMARTS) is 1. The van der Waals surface area contributed by atoms with Crippen molar-refractivity contribution in [3.63, 3.8) is 0 Å². The SMILES string of the molecule is COc1cc([C@H]2NC[C@H](C(=O)O)S2)ccc1OCC(N)=O. The number of methoxy groups -OCH3 is 1. The van der Waals surface area contributed by atoms with Crippen LogP contribution in [0.25, 0.3) is 0 Å². The highest BCUT2D eigenvalue weighted by molar-refractivity contribution is 8.01. The molecule has 1 aliphatic rings. The molecule has 1 aliphatic heterocycles. The van der Waals surface area contributed by atoms with Gasteiger partial charge in [0.1, 0.15) is 5.25 Å². The fraction of sp³-hybridized carbons (Fsp3) is 0.385. The number of carbonyl (C=O) groups is 2. The summed E-state index contributed by atoms with van der Waals surface area (Å²) in [4.78, 5) is 21.7. The molecule has 21 heavy (non-hydrogen) atoms. The zero-order valence-electron chi connectivity index (χ0n) is 11.4. The molecule has 114 valence electrons. The van der Waals surface area contributed by atoms with Crippen LogP contribution in [-0.4, -0.2) is 42.5 Å². The highest BCUT2D eigenvalue weighted by atomic mass is 32.2.